The summed E-state index contributed by atoms with van der Waals surface area (Å²) in [5.74, 6) is 0.811. The topological polar surface area (TPSA) is 9.23 Å². The van der Waals surface area contributed by atoms with Gasteiger partial charge in [-0.1, -0.05) is 59.3 Å². The van der Waals surface area contributed by atoms with E-state index in [1.807, 2.05) is 0 Å². The molecule has 2 heteroatoms. The Bertz CT molecular complexity index is 321. The van der Waals surface area contributed by atoms with Crippen LogP contribution in [0.4, 0.5) is 0 Å². The Morgan fingerprint density at radius 3 is 2.50 bits per heavy atom. The molecule has 1 aliphatic carbocycles. The van der Waals surface area contributed by atoms with Gasteiger partial charge in [0.05, 0.1) is 12.2 Å². The van der Waals surface area contributed by atoms with Crippen molar-refractivity contribution in [2.24, 2.45) is 5.92 Å². The van der Waals surface area contributed by atoms with E-state index in [0.717, 1.165) is 17.0 Å². The van der Waals surface area contributed by atoms with Gasteiger partial charge >= 0.3 is 0 Å². The van der Waals surface area contributed by atoms with Gasteiger partial charge in [0.15, 0.2) is 0 Å². The smallest absolute Gasteiger partial charge is 0.0992 e. The summed E-state index contributed by atoms with van der Waals surface area (Å²) in [4.78, 5) is 0. The van der Waals surface area contributed by atoms with Gasteiger partial charge in [-0.05, 0) is 31.2 Å². The van der Waals surface area contributed by atoms with E-state index < -0.39 is 0 Å². The van der Waals surface area contributed by atoms with E-state index in [2.05, 4.69) is 59.8 Å². The maximum absolute atomic E-state index is 6.16. The quantitative estimate of drug-likeness (QED) is 0.582. The van der Waals surface area contributed by atoms with E-state index in [9.17, 15) is 0 Å². The van der Waals surface area contributed by atoms with Crippen LogP contribution in [0.25, 0.3) is 0 Å². The molecule has 0 N–H and O–H groups in total. The van der Waals surface area contributed by atoms with Crippen molar-refractivity contribution in [3.63, 3.8) is 0 Å². The number of halogens is 1. The standard InChI is InChI=1S/C14H19IO/c1-14(11-15,13-8-3-2-4-9-13)16-10-12-6-5-7-12/h2-4,8-9,12H,5-7,10-11H2,1H3. The second-order valence-electron chi connectivity index (χ2n) is 4.84. The van der Waals surface area contributed by atoms with E-state index >= 15 is 0 Å². The molecule has 1 atom stereocenters. The first-order valence-electron chi connectivity index (χ1n) is 6.00. The van der Waals surface area contributed by atoms with Gasteiger partial charge in [-0.25, -0.2) is 0 Å². The Balaban J connectivity index is 2.00. The molecule has 88 valence electrons. The van der Waals surface area contributed by atoms with Crippen LogP contribution in [-0.2, 0) is 10.3 Å². The zero-order valence-corrected chi connectivity index (χ0v) is 11.9. The van der Waals surface area contributed by atoms with Crippen LogP contribution in [0.1, 0.15) is 31.7 Å². The largest absolute Gasteiger partial charge is 0.369 e. The molecule has 1 fully saturated rings. The fourth-order valence-corrected chi connectivity index (χ4v) is 2.61. The number of ether oxygens (including phenoxy) is 1. The molecule has 2 rings (SSSR count). The summed E-state index contributed by atoms with van der Waals surface area (Å²) in [6.07, 6.45) is 4.10. The van der Waals surface area contributed by atoms with Crippen LogP contribution in [0.3, 0.4) is 0 Å². The molecule has 1 unspecified atom stereocenters. The SMILES string of the molecule is CC(CI)(OCC1CCC1)c1ccccc1. The van der Waals surface area contributed by atoms with Crippen LogP contribution in [0.5, 0.6) is 0 Å². The minimum absolute atomic E-state index is 0.114. The van der Waals surface area contributed by atoms with E-state index in [0.29, 0.717) is 0 Å². The summed E-state index contributed by atoms with van der Waals surface area (Å²) >= 11 is 2.42. The first-order valence-corrected chi connectivity index (χ1v) is 7.52. The molecule has 16 heavy (non-hydrogen) atoms. The number of benzene rings is 1. The van der Waals surface area contributed by atoms with Crippen molar-refractivity contribution in [3.8, 4) is 0 Å². The Hall–Kier alpha value is -0.0900. The summed E-state index contributed by atoms with van der Waals surface area (Å²) in [6, 6.07) is 10.6. The zero-order chi connectivity index (χ0) is 11.4. The lowest BCUT2D eigenvalue weighted by Gasteiger charge is -2.33. The van der Waals surface area contributed by atoms with E-state index in [-0.39, 0.29) is 5.60 Å². The maximum Gasteiger partial charge on any atom is 0.0992 e. The van der Waals surface area contributed by atoms with E-state index in [1.165, 1.54) is 24.8 Å². The molecular formula is C14H19IO. The molecule has 0 aliphatic heterocycles. The summed E-state index contributed by atoms with van der Waals surface area (Å²) in [5, 5.41) is 0. The van der Waals surface area contributed by atoms with Crippen LogP contribution in [-0.4, -0.2) is 11.0 Å². The average molecular weight is 330 g/mol. The van der Waals surface area contributed by atoms with Gasteiger partial charge in [0.2, 0.25) is 0 Å². The molecule has 1 aromatic rings. The predicted octanol–water partition coefficient (Wildman–Crippen LogP) is 4.15. The third-order valence-corrected chi connectivity index (χ3v) is 4.96. The van der Waals surface area contributed by atoms with E-state index in [4.69, 9.17) is 4.74 Å². The molecule has 0 aromatic heterocycles. The lowest BCUT2D eigenvalue weighted by Crippen LogP contribution is -2.31. The third kappa shape index (κ3) is 2.77. The van der Waals surface area contributed by atoms with Gasteiger partial charge in [0.25, 0.3) is 0 Å². The molecule has 0 heterocycles. The molecule has 0 radical (unpaired) electrons. The Morgan fingerprint density at radius 1 is 1.31 bits per heavy atom. The highest BCUT2D eigenvalue weighted by atomic mass is 127. The minimum Gasteiger partial charge on any atom is -0.369 e. The zero-order valence-electron chi connectivity index (χ0n) is 9.79. The van der Waals surface area contributed by atoms with Gasteiger partial charge in [0, 0.05) is 4.43 Å². The van der Waals surface area contributed by atoms with Crippen molar-refractivity contribution in [1.29, 1.82) is 0 Å². The lowest BCUT2D eigenvalue weighted by atomic mass is 9.86. The molecular weight excluding hydrogens is 311 g/mol. The molecule has 0 saturated heterocycles. The van der Waals surface area contributed by atoms with Crippen LogP contribution in [0.15, 0.2) is 30.3 Å². The Kier molecular flexibility index (Phi) is 4.25. The summed E-state index contributed by atoms with van der Waals surface area (Å²) in [6.45, 7) is 3.13. The van der Waals surface area contributed by atoms with Crippen molar-refractivity contribution in [3.05, 3.63) is 35.9 Å². The third-order valence-electron chi connectivity index (χ3n) is 3.50. The van der Waals surface area contributed by atoms with Crippen molar-refractivity contribution >= 4 is 22.6 Å². The molecule has 1 aromatic carbocycles. The molecule has 1 nitrogen and oxygen atoms in total. The summed E-state index contributed by atoms with van der Waals surface area (Å²) in [7, 11) is 0. The number of rotatable bonds is 5. The second-order valence-corrected chi connectivity index (χ2v) is 5.60. The predicted molar refractivity (Wildman–Crippen MR) is 76.0 cm³/mol. The van der Waals surface area contributed by atoms with E-state index in [1.54, 1.807) is 0 Å². The molecule has 0 bridgehead atoms. The second kappa shape index (κ2) is 5.50. The molecule has 0 amide bonds. The lowest BCUT2D eigenvalue weighted by molar-refractivity contribution is -0.0464. The van der Waals surface area contributed by atoms with Gasteiger partial charge in [0.1, 0.15) is 0 Å². The average Bonchev–Trinajstić information content (AvgIpc) is 2.28. The highest BCUT2D eigenvalue weighted by molar-refractivity contribution is 14.1. The van der Waals surface area contributed by atoms with Crippen molar-refractivity contribution in [1.82, 2.24) is 0 Å². The molecule has 0 spiro atoms. The Labute approximate surface area is 112 Å². The van der Waals surface area contributed by atoms with Crippen LogP contribution in [0.2, 0.25) is 0 Å². The Morgan fingerprint density at radius 2 is 2.00 bits per heavy atom. The van der Waals surface area contributed by atoms with Crippen molar-refractivity contribution < 1.29 is 4.74 Å². The van der Waals surface area contributed by atoms with Gasteiger partial charge in [-0.2, -0.15) is 0 Å². The molecule has 1 saturated carbocycles. The van der Waals surface area contributed by atoms with Crippen LogP contribution < -0.4 is 0 Å². The van der Waals surface area contributed by atoms with Gasteiger partial charge in [-0.15, -0.1) is 0 Å². The van der Waals surface area contributed by atoms with Crippen LogP contribution >= 0.6 is 22.6 Å². The normalized spacial score (nSPS) is 20.1. The summed E-state index contributed by atoms with van der Waals surface area (Å²) in [5.41, 5.74) is 1.18. The highest BCUT2D eigenvalue weighted by Crippen LogP contribution is 2.32. The van der Waals surface area contributed by atoms with Crippen LogP contribution in [0, 0.1) is 5.92 Å². The minimum atomic E-state index is -0.114. The fraction of sp³-hybridized carbons (Fsp3) is 0.571. The first-order chi connectivity index (χ1) is 7.74. The highest BCUT2D eigenvalue weighted by Gasteiger charge is 2.28. The maximum atomic E-state index is 6.16. The number of hydrogen-bond donors (Lipinski definition) is 0. The van der Waals surface area contributed by atoms with Crippen molar-refractivity contribution in [2.45, 2.75) is 31.8 Å². The fourth-order valence-electron chi connectivity index (χ4n) is 1.95. The summed E-state index contributed by atoms with van der Waals surface area (Å²) < 4.78 is 7.16. The monoisotopic (exact) mass is 330 g/mol. The van der Waals surface area contributed by atoms with Gasteiger partial charge < -0.3 is 4.74 Å². The van der Waals surface area contributed by atoms with Crippen molar-refractivity contribution in [2.75, 3.05) is 11.0 Å². The first kappa shape index (κ1) is 12.4. The van der Waals surface area contributed by atoms with Gasteiger partial charge in [-0.3, -0.25) is 0 Å². The molecule has 1 aliphatic rings. The number of alkyl halides is 1. The number of hydrogen-bond acceptors (Lipinski definition) is 1.